The van der Waals surface area contributed by atoms with E-state index in [9.17, 15) is 0 Å². The number of rotatable bonds is 5. The number of nitrogens with one attached hydrogen (secondary N) is 1. The van der Waals surface area contributed by atoms with Gasteiger partial charge in [0.05, 0.1) is 46.2 Å². The third kappa shape index (κ3) is 5.77. The van der Waals surface area contributed by atoms with Crippen LogP contribution in [0.3, 0.4) is 0 Å². The van der Waals surface area contributed by atoms with E-state index in [0.29, 0.717) is 23.1 Å². The molecule has 0 saturated carbocycles. The summed E-state index contributed by atoms with van der Waals surface area (Å²) in [5, 5.41) is 1.91. The van der Waals surface area contributed by atoms with Crippen LogP contribution in [-0.2, 0) is 0 Å². The first kappa shape index (κ1) is 24.7. The molecule has 0 fully saturated rings. The van der Waals surface area contributed by atoms with Crippen molar-refractivity contribution in [3.63, 3.8) is 0 Å². The van der Waals surface area contributed by atoms with Crippen LogP contribution in [0.1, 0.15) is 38.1 Å². The number of benzene rings is 1. The SMILES string of the molecule is C=C(c1ccc(Br)s1)N1NC(=Nc2cc(C)c(OC)c(OC)c2)N=CC1=C(C)C.CC. The van der Waals surface area contributed by atoms with Crippen LogP contribution < -0.4 is 14.9 Å². The molecule has 0 atom stereocenters. The lowest BCUT2D eigenvalue weighted by Gasteiger charge is -2.31. The number of halogens is 1. The monoisotopic (exact) mass is 504 g/mol. The fourth-order valence-electron chi connectivity index (χ4n) is 2.89. The van der Waals surface area contributed by atoms with Crippen molar-refractivity contribution in [1.82, 2.24) is 10.4 Å². The van der Waals surface area contributed by atoms with Crippen LogP contribution in [0, 0.1) is 6.92 Å². The van der Waals surface area contributed by atoms with E-state index in [1.807, 2.05) is 63.9 Å². The molecule has 0 aliphatic carbocycles. The molecule has 3 rings (SSSR count). The maximum absolute atomic E-state index is 5.43. The number of aliphatic imine (C=N–C) groups is 2. The van der Waals surface area contributed by atoms with Gasteiger partial charge in [0.15, 0.2) is 11.5 Å². The fourth-order valence-corrected chi connectivity index (χ4v) is 4.24. The van der Waals surface area contributed by atoms with Crippen molar-refractivity contribution >= 4 is 50.8 Å². The molecule has 1 aliphatic rings. The first-order valence-corrected chi connectivity index (χ1v) is 11.5. The largest absolute Gasteiger partial charge is 0.493 e. The highest BCUT2D eigenvalue weighted by atomic mass is 79.9. The minimum atomic E-state index is 0.457. The molecule has 1 aliphatic heterocycles. The van der Waals surface area contributed by atoms with Crippen molar-refractivity contribution in [3.8, 4) is 11.5 Å². The molecule has 6 nitrogen and oxygen atoms in total. The van der Waals surface area contributed by atoms with Gasteiger partial charge >= 0.3 is 0 Å². The second kappa shape index (κ2) is 11.2. The van der Waals surface area contributed by atoms with Gasteiger partial charge in [-0.3, -0.25) is 10.4 Å². The molecule has 2 heterocycles. The summed E-state index contributed by atoms with van der Waals surface area (Å²) in [6.07, 6.45) is 1.80. The van der Waals surface area contributed by atoms with Gasteiger partial charge in [-0.2, -0.15) is 0 Å². The Labute approximate surface area is 197 Å². The summed E-state index contributed by atoms with van der Waals surface area (Å²) < 4.78 is 11.9. The van der Waals surface area contributed by atoms with Crippen LogP contribution in [0.15, 0.2) is 55.9 Å². The Hall–Kier alpha value is -2.58. The molecule has 2 aromatic rings. The van der Waals surface area contributed by atoms with E-state index in [-0.39, 0.29) is 0 Å². The summed E-state index contributed by atoms with van der Waals surface area (Å²) >= 11 is 5.13. The van der Waals surface area contributed by atoms with Crippen molar-refractivity contribution in [2.75, 3.05) is 14.2 Å². The van der Waals surface area contributed by atoms with E-state index in [4.69, 9.17) is 9.47 Å². The third-order valence-corrected chi connectivity index (χ3v) is 5.96. The van der Waals surface area contributed by atoms with Crippen LogP contribution in [0.5, 0.6) is 11.5 Å². The lowest BCUT2D eigenvalue weighted by molar-refractivity contribution is 0.353. The second-order valence-electron chi connectivity index (χ2n) is 6.57. The molecule has 31 heavy (non-hydrogen) atoms. The van der Waals surface area contributed by atoms with Crippen molar-refractivity contribution in [2.24, 2.45) is 9.98 Å². The van der Waals surface area contributed by atoms with Crippen molar-refractivity contribution in [2.45, 2.75) is 34.6 Å². The van der Waals surface area contributed by atoms with E-state index in [0.717, 1.165) is 31.2 Å². The normalized spacial score (nSPS) is 14.0. The second-order valence-corrected chi connectivity index (χ2v) is 9.04. The summed E-state index contributed by atoms with van der Waals surface area (Å²) in [6, 6.07) is 7.79. The van der Waals surface area contributed by atoms with Crippen molar-refractivity contribution in [1.29, 1.82) is 0 Å². The molecule has 1 N–H and O–H groups in total. The van der Waals surface area contributed by atoms with Crippen LogP contribution in [0.25, 0.3) is 5.70 Å². The Morgan fingerprint density at radius 2 is 1.90 bits per heavy atom. The number of thiophene rings is 1. The van der Waals surface area contributed by atoms with Crippen LogP contribution in [-0.4, -0.2) is 31.4 Å². The zero-order valence-electron chi connectivity index (χ0n) is 19.0. The summed E-state index contributed by atoms with van der Waals surface area (Å²) in [7, 11) is 3.23. The van der Waals surface area contributed by atoms with E-state index in [1.54, 1.807) is 31.8 Å². The molecule has 0 amide bonds. The molecular weight excluding hydrogens is 476 g/mol. The molecular formula is C23H29BrN4O2S. The van der Waals surface area contributed by atoms with E-state index in [1.165, 1.54) is 0 Å². The number of allylic oxidation sites excluding steroid dienone is 2. The van der Waals surface area contributed by atoms with E-state index >= 15 is 0 Å². The van der Waals surface area contributed by atoms with Gasteiger partial charge in [0.2, 0.25) is 5.96 Å². The molecule has 8 heteroatoms. The Morgan fingerprint density at radius 1 is 1.19 bits per heavy atom. The molecule has 1 aromatic carbocycles. The van der Waals surface area contributed by atoms with Gasteiger partial charge in [-0.15, -0.1) is 11.3 Å². The van der Waals surface area contributed by atoms with E-state index < -0.39 is 0 Å². The number of aryl methyl sites for hydroxylation is 1. The van der Waals surface area contributed by atoms with Crippen LogP contribution in [0.2, 0.25) is 0 Å². The topological polar surface area (TPSA) is 58.5 Å². The quantitative estimate of drug-likeness (QED) is 0.491. The van der Waals surface area contributed by atoms with Crippen LogP contribution >= 0.6 is 27.3 Å². The maximum atomic E-state index is 5.43. The Kier molecular flexibility index (Phi) is 8.88. The Balaban J connectivity index is 0.00000166. The third-order valence-electron chi connectivity index (χ3n) is 4.29. The Bertz CT molecular complexity index is 1040. The van der Waals surface area contributed by atoms with Crippen molar-refractivity contribution < 1.29 is 9.47 Å². The molecule has 0 spiro atoms. The summed E-state index contributed by atoms with van der Waals surface area (Å²) in [6.45, 7) is 14.3. The number of hydrogen-bond donors (Lipinski definition) is 1. The number of ether oxygens (including phenoxy) is 2. The van der Waals surface area contributed by atoms with Gasteiger partial charge in [-0.1, -0.05) is 20.4 Å². The Morgan fingerprint density at radius 3 is 2.45 bits per heavy atom. The molecule has 1 aromatic heterocycles. The predicted octanol–water partition coefficient (Wildman–Crippen LogP) is 6.71. The van der Waals surface area contributed by atoms with Crippen LogP contribution in [0.4, 0.5) is 5.69 Å². The highest BCUT2D eigenvalue weighted by Gasteiger charge is 2.21. The average Bonchev–Trinajstić information content (AvgIpc) is 3.20. The number of methoxy groups -OCH3 is 2. The summed E-state index contributed by atoms with van der Waals surface area (Å²) in [5.74, 6) is 1.78. The number of nitrogens with zero attached hydrogens (tertiary/aromatic N) is 3. The first-order chi connectivity index (χ1) is 14.8. The van der Waals surface area contributed by atoms with Crippen molar-refractivity contribution in [3.05, 3.63) is 56.3 Å². The summed E-state index contributed by atoms with van der Waals surface area (Å²) in [4.78, 5) is 10.2. The molecule has 166 valence electrons. The molecule has 0 unspecified atom stereocenters. The lowest BCUT2D eigenvalue weighted by Crippen LogP contribution is -2.43. The number of guanidine groups is 1. The molecule has 0 radical (unpaired) electrons. The minimum Gasteiger partial charge on any atom is -0.493 e. The van der Waals surface area contributed by atoms with Gasteiger partial charge in [-0.05, 0) is 66.0 Å². The maximum Gasteiger partial charge on any atom is 0.242 e. The highest BCUT2D eigenvalue weighted by molar-refractivity contribution is 9.11. The van der Waals surface area contributed by atoms with Gasteiger partial charge < -0.3 is 9.47 Å². The molecule has 0 bridgehead atoms. The van der Waals surface area contributed by atoms with Gasteiger partial charge in [0.25, 0.3) is 0 Å². The summed E-state index contributed by atoms with van der Waals surface area (Å²) in [5.41, 5.74) is 7.78. The lowest BCUT2D eigenvalue weighted by atomic mass is 10.2. The molecule has 0 saturated heterocycles. The first-order valence-electron chi connectivity index (χ1n) is 9.88. The smallest absolute Gasteiger partial charge is 0.242 e. The number of hydrazine groups is 1. The minimum absolute atomic E-state index is 0.457. The average molecular weight is 505 g/mol. The predicted molar refractivity (Wildman–Crippen MR) is 136 cm³/mol. The zero-order valence-corrected chi connectivity index (χ0v) is 21.4. The fraction of sp³-hybridized carbons (Fsp3) is 0.304. The number of hydrogen-bond acceptors (Lipinski definition) is 5. The van der Waals surface area contributed by atoms with Gasteiger partial charge in [0, 0.05) is 6.07 Å². The standard InChI is InChI=1S/C21H23BrN4O2S.C2H6/c1-12(2)16-11-23-21(25-26(16)14(4)18-7-8-19(22)29-18)24-15-9-13(3)20(28-6)17(10-15)27-5;1-2/h7-11H,4H2,1-3,5-6H3,(H,24,25);1-2H3. The highest BCUT2D eigenvalue weighted by Crippen LogP contribution is 2.35. The zero-order chi connectivity index (χ0) is 23.1. The van der Waals surface area contributed by atoms with Gasteiger partial charge in [0.1, 0.15) is 0 Å². The van der Waals surface area contributed by atoms with Gasteiger partial charge in [-0.25, -0.2) is 9.98 Å². The van der Waals surface area contributed by atoms with E-state index in [2.05, 4.69) is 37.9 Å².